The minimum Gasteiger partial charge on any atom is -0.354 e. The molecule has 0 amide bonds. The molecular weight excluding hydrogens is 222 g/mol. The lowest BCUT2D eigenvalue weighted by atomic mass is 10.1. The van der Waals surface area contributed by atoms with Crippen molar-refractivity contribution in [1.82, 2.24) is 10.3 Å². The van der Waals surface area contributed by atoms with Gasteiger partial charge in [0.2, 0.25) is 0 Å². The molecule has 1 aromatic heterocycles. The van der Waals surface area contributed by atoms with E-state index in [1.165, 1.54) is 17.5 Å². The Morgan fingerprint density at radius 2 is 2.06 bits per heavy atom. The second-order valence-corrected chi connectivity index (χ2v) is 5.04. The first-order valence-corrected chi connectivity index (χ1v) is 7.03. The Morgan fingerprint density at radius 1 is 1.33 bits per heavy atom. The summed E-state index contributed by atoms with van der Waals surface area (Å²) in [6, 6.07) is 2.74. The number of hydrogen-bond acceptors (Lipinski definition) is 3. The summed E-state index contributed by atoms with van der Waals surface area (Å²) >= 11 is 0. The molecule has 0 fully saturated rings. The third-order valence-corrected chi connectivity index (χ3v) is 3.10. The van der Waals surface area contributed by atoms with Gasteiger partial charge in [0.15, 0.2) is 0 Å². The predicted molar refractivity (Wildman–Crippen MR) is 79.1 cm³/mol. The summed E-state index contributed by atoms with van der Waals surface area (Å²) in [6.45, 7) is 13.9. The van der Waals surface area contributed by atoms with Gasteiger partial charge in [0.25, 0.3) is 0 Å². The fourth-order valence-electron chi connectivity index (χ4n) is 2.19. The molecule has 3 heteroatoms. The van der Waals surface area contributed by atoms with E-state index in [1.54, 1.807) is 0 Å². The van der Waals surface area contributed by atoms with E-state index < -0.39 is 0 Å². The van der Waals surface area contributed by atoms with Crippen LogP contribution in [0.3, 0.4) is 0 Å². The second-order valence-electron chi connectivity index (χ2n) is 5.04. The van der Waals surface area contributed by atoms with Crippen LogP contribution in [0.15, 0.2) is 12.3 Å². The maximum atomic E-state index is 4.64. The van der Waals surface area contributed by atoms with Gasteiger partial charge in [-0.2, -0.15) is 0 Å². The van der Waals surface area contributed by atoms with Crippen molar-refractivity contribution in [3.63, 3.8) is 0 Å². The molecule has 1 rings (SSSR count). The number of hydrogen-bond donors (Lipinski definition) is 1. The molecule has 0 saturated heterocycles. The first kappa shape index (κ1) is 15.0. The predicted octanol–water partition coefficient (Wildman–Crippen LogP) is 3.12. The van der Waals surface area contributed by atoms with Crippen LogP contribution in [-0.4, -0.2) is 24.1 Å². The minimum absolute atomic E-state index is 0.491. The van der Waals surface area contributed by atoms with Crippen LogP contribution >= 0.6 is 0 Å². The monoisotopic (exact) mass is 249 g/mol. The van der Waals surface area contributed by atoms with Gasteiger partial charge < -0.3 is 10.2 Å². The standard InChI is InChI=1S/C15H27N3/c1-6-8-16-10-14-9-13(5)15(17-11-14)18(7-2)12(3)4/h9,11-12,16H,6-8,10H2,1-5H3. The first-order chi connectivity index (χ1) is 8.60. The van der Waals surface area contributed by atoms with Crippen LogP contribution in [0, 0.1) is 6.92 Å². The molecule has 3 nitrogen and oxygen atoms in total. The normalized spacial score (nSPS) is 11.0. The molecule has 1 N–H and O–H groups in total. The van der Waals surface area contributed by atoms with Gasteiger partial charge in [-0.15, -0.1) is 0 Å². The molecule has 0 radical (unpaired) electrons. The van der Waals surface area contributed by atoms with Crippen molar-refractivity contribution in [1.29, 1.82) is 0 Å². The van der Waals surface area contributed by atoms with E-state index in [-0.39, 0.29) is 0 Å². The van der Waals surface area contributed by atoms with Gasteiger partial charge in [-0.05, 0) is 57.9 Å². The average molecular weight is 249 g/mol. The van der Waals surface area contributed by atoms with Crippen LogP contribution in [0.1, 0.15) is 45.2 Å². The largest absolute Gasteiger partial charge is 0.354 e. The summed E-state index contributed by atoms with van der Waals surface area (Å²) < 4.78 is 0. The highest BCUT2D eigenvalue weighted by atomic mass is 15.2. The van der Waals surface area contributed by atoms with E-state index in [0.29, 0.717) is 6.04 Å². The van der Waals surface area contributed by atoms with Crippen molar-refractivity contribution >= 4 is 5.82 Å². The summed E-state index contributed by atoms with van der Waals surface area (Å²) in [7, 11) is 0. The lowest BCUT2D eigenvalue weighted by Gasteiger charge is -2.28. The summed E-state index contributed by atoms with van der Waals surface area (Å²) in [5.74, 6) is 1.12. The van der Waals surface area contributed by atoms with Crippen molar-refractivity contribution in [2.75, 3.05) is 18.0 Å². The van der Waals surface area contributed by atoms with Crippen molar-refractivity contribution in [2.45, 2.75) is 53.6 Å². The van der Waals surface area contributed by atoms with E-state index in [0.717, 1.165) is 25.5 Å². The molecule has 1 aromatic rings. The molecule has 1 heterocycles. The summed E-state index contributed by atoms with van der Waals surface area (Å²) in [6.07, 6.45) is 3.16. The van der Waals surface area contributed by atoms with Crippen molar-refractivity contribution in [3.8, 4) is 0 Å². The van der Waals surface area contributed by atoms with Gasteiger partial charge in [0.1, 0.15) is 5.82 Å². The van der Waals surface area contributed by atoms with Crippen molar-refractivity contribution in [3.05, 3.63) is 23.4 Å². The summed E-state index contributed by atoms with van der Waals surface area (Å²) in [4.78, 5) is 6.97. The number of nitrogens with one attached hydrogen (secondary N) is 1. The molecule has 0 aliphatic rings. The van der Waals surface area contributed by atoms with Crippen LogP contribution in [0.25, 0.3) is 0 Å². The SMILES string of the molecule is CCCNCc1cnc(N(CC)C(C)C)c(C)c1. The number of anilines is 1. The lowest BCUT2D eigenvalue weighted by Crippen LogP contribution is -2.31. The van der Waals surface area contributed by atoms with Gasteiger partial charge in [-0.3, -0.25) is 0 Å². The molecular formula is C15H27N3. The molecule has 0 aliphatic carbocycles. The fraction of sp³-hybridized carbons (Fsp3) is 0.667. The topological polar surface area (TPSA) is 28.2 Å². The minimum atomic E-state index is 0.491. The smallest absolute Gasteiger partial charge is 0.131 e. The van der Waals surface area contributed by atoms with Gasteiger partial charge in [0, 0.05) is 25.3 Å². The van der Waals surface area contributed by atoms with Gasteiger partial charge >= 0.3 is 0 Å². The third kappa shape index (κ3) is 3.98. The average Bonchev–Trinajstić information content (AvgIpc) is 2.32. The third-order valence-electron chi connectivity index (χ3n) is 3.10. The van der Waals surface area contributed by atoms with Crippen LogP contribution in [0.4, 0.5) is 5.82 Å². The van der Waals surface area contributed by atoms with E-state index in [4.69, 9.17) is 0 Å². The Morgan fingerprint density at radius 3 is 2.56 bits per heavy atom. The Kier molecular flexibility index (Phi) is 6.13. The maximum absolute atomic E-state index is 4.64. The summed E-state index contributed by atoms with van der Waals surface area (Å²) in [5.41, 5.74) is 2.53. The highest BCUT2D eigenvalue weighted by molar-refractivity contribution is 5.47. The van der Waals surface area contributed by atoms with Crippen LogP contribution in [0.2, 0.25) is 0 Å². The Hall–Kier alpha value is -1.09. The Balaban J connectivity index is 2.78. The number of aryl methyl sites for hydroxylation is 1. The molecule has 0 atom stereocenters. The Labute approximate surface area is 112 Å². The van der Waals surface area contributed by atoms with E-state index in [1.807, 2.05) is 6.20 Å². The second kappa shape index (κ2) is 7.37. The zero-order valence-corrected chi connectivity index (χ0v) is 12.5. The maximum Gasteiger partial charge on any atom is 0.131 e. The van der Waals surface area contributed by atoms with Crippen molar-refractivity contribution < 1.29 is 0 Å². The molecule has 18 heavy (non-hydrogen) atoms. The lowest BCUT2D eigenvalue weighted by molar-refractivity contribution is 0.669. The molecule has 0 bridgehead atoms. The van der Waals surface area contributed by atoms with E-state index in [9.17, 15) is 0 Å². The molecule has 102 valence electrons. The highest BCUT2D eigenvalue weighted by Gasteiger charge is 2.12. The van der Waals surface area contributed by atoms with Gasteiger partial charge in [-0.25, -0.2) is 4.98 Å². The number of rotatable bonds is 7. The Bertz CT molecular complexity index is 361. The van der Waals surface area contributed by atoms with E-state index in [2.05, 4.69) is 55.9 Å². The van der Waals surface area contributed by atoms with E-state index >= 15 is 0 Å². The number of aromatic nitrogens is 1. The van der Waals surface area contributed by atoms with Crippen molar-refractivity contribution in [2.24, 2.45) is 0 Å². The van der Waals surface area contributed by atoms with Crippen LogP contribution < -0.4 is 10.2 Å². The number of pyridine rings is 1. The highest BCUT2D eigenvalue weighted by Crippen LogP contribution is 2.19. The molecule has 0 unspecified atom stereocenters. The van der Waals surface area contributed by atoms with Gasteiger partial charge in [-0.1, -0.05) is 6.92 Å². The van der Waals surface area contributed by atoms with Gasteiger partial charge in [0.05, 0.1) is 0 Å². The quantitative estimate of drug-likeness (QED) is 0.753. The molecule has 0 saturated carbocycles. The first-order valence-electron chi connectivity index (χ1n) is 7.03. The zero-order valence-electron chi connectivity index (χ0n) is 12.5. The summed E-state index contributed by atoms with van der Waals surface area (Å²) in [5, 5.41) is 3.41. The zero-order chi connectivity index (χ0) is 13.5. The van der Waals surface area contributed by atoms with Crippen LogP contribution in [0.5, 0.6) is 0 Å². The number of nitrogens with zero attached hydrogens (tertiary/aromatic N) is 2. The molecule has 0 spiro atoms. The molecule has 0 aromatic carbocycles. The molecule has 0 aliphatic heterocycles. The fourth-order valence-corrected chi connectivity index (χ4v) is 2.19. The van der Waals surface area contributed by atoms with Crippen LogP contribution in [-0.2, 0) is 6.54 Å².